The second-order valence-corrected chi connectivity index (χ2v) is 5.82. The van der Waals surface area contributed by atoms with Crippen molar-refractivity contribution in [3.63, 3.8) is 0 Å². The average molecular weight is 325 g/mol. The zero-order valence-corrected chi connectivity index (χ0v) is 14.1. The van der Waals surface area contributed by atoms with Crippen LogP contribution in [0.2, 0.25) is 5.15 Å². The van der Waals surface area contributed by atoms with Crippen molar-refractivity contribution in [2.75, 3.05) is 13.6 Å². The lowest BCUT2D eigenvalue weighted by Gasteiger charge is -2.19. The summed E-state index contributed by atoms with van der Waals surface area (Å²) in [6.45, 7) is 4.92. The number of halogens is 1. The number of likely N-dealkylation sites (N-methyl/N-ethyl adjacent to an activating group) is 1. The summed E-state index contributed by atoms with van der Waals surface area (Å²) >= 11 is 5.88. The van der Waals surface area contributed by atoms with Crippen molar-refractivity contribution in [2.45, 2.75) is 13.8 Å². The van der Waals surface area contributed by atoms with Crippen molar-refractivity contribution in [1.82, 2.24) is 19.4 Å². The lowest BCUT2D eigenvalue weighted by Crippen LogP contribution is -2.15. The van der Waals surface area contributed by atoms with Crippen molar-refractivity contribution in [3.8, 4) is 11.8 Å². The number of aromatic nitrogens is 3. The van der Waals surface area contributed by atoms with Crippen LogP contribution in [0.4, 0.5) is 0 Å². The first kappa shape index (κ1) is 15.4. The van der Waals surface area contributed by atoms with Crippen LogP contribution in [0.5, 0.6) is 0 Å². The maximum atomic E-state index is 5.88. The van der Waals surface area contributed by atoms with Crippen LogP contribution in [0.25, 0.3) is 5.70 Å². The number of hydrogen-bond donors (Lipinski definition) is 0. The number of nitrogens with zero attached hydrogens (tertiary/aromatic N) is 4. The Morgan fingerprint density at radius 2 is 2.09 bits per heavy atom. The molecule has 23 heavy (non-hydrogen) atoms. The van der Waals surface area contributed by atoms with Gasteiger partial charge in [0.1, 0.15) is 16.7 Å². The molecule has 0 saturated carbocycles. The molecule has 0 saturated heterocycles. The fraction of sp³-hybridized carbons (Fsp3) is 0.222. The molecule has 5 heteroatoms. The van der Waals surface area contributed by atoms with Crippen molar-refractivity contribution in [2.24, 2.45) is 0 Å². The predicted molar refractivity (Wildman–Crippen MR) is 93.0 cm³/mol. The highest BCUT2D eigenvalue weighted by Crippen LogP contribution is 2.19. The molecule has 0 aromatic carbocycles. The van der Waals surface area contributed by atoms with E-state index in [2.05, 4.69) is 49.6 Å². The van der Waals surface area contributed by atoms with E-state index >= 15 is 0 Å². The van der Waals surface area contributed by atoms with E-state index in [0.717, 1.165) is 35.0 Å². The van der Waals surface area contributed by atoms with Gasteiger partial charge < -0.3 is 9.47 Å². The molecule has 116 valence electrons. The highest BCUT2D eigenvalue weighted by molar-refractivity contribution is 6.29. The molecule has 4 nitrogen and oxygen atoms in total. The summed E-state index contributed by atoms with van der Waals surface area (Å²) in [6.07, 6.45) is 7.99. The van der Waals surface area contributed by atoms with Crippen LogP contribution >= 0.6 is 11.6 Å². The second-order valence-electron chi connectivity index (χ2n) is 5.43. The second kappa shape index (κ2) is 6.31. The molecule has 0 N–H and O–H groups in total. The third-order valence-corrected chi connectivity index (χ3v) is 3.88. The molecule has 0 radical (unpaired) electrons. The number of rotatable bonds is 1. The van der Waals surface area contributed by atoms with E-state index in [0.29, 0.717) is 5.15 Å². The van der Waals surface area contributed by atoms with E-state index < -0.39 is 0 Å². The van der Waals surface area contributed by atoms with E-state index in [1.165, 1.54) is 0 Å². The summed E-state index contributed by atoms with van der Waals surface area (Å²) in [5.41, 5.74) is 3.78. The third kappa shape index (κ3) is 3.30. The van der Waals surface area contributed by atoms with Gasteiger partial charge in [-0.1, -0.05) is 17.5 Å². The number of hydrogen-bond acceptors (Lipinski definition) is 3. The molecular formula is C18H17ClN4. The van der Waals surface area contributed by atoms with Gasteiger partial charge in [-0.05, 0) is 44.1 Å². The summed E-state index contributed by atoms with van der Waals surface area (Å²) in [4.78, 5) is 10.7. The maximum absolute atomic E-state index is 5.88. The SMILES string of the molecule is Cc1nc(C#Cc2ccnc(Cl)c2)c(C)n1C1=CCN(C)C=C1. The molecule has 1 aliphatic rings. The Kier molecular flexibility index (Phi) is 4.22. The molecule has 0 spiro atoms. The largest absolute Gasteiger partial charge is 0.377 e. The van der Waals surface area contributed by atoms with Crippen LogP contribution < -0.4 is 0 Å². The molecule has 3 rings (SSSR count). The molecule has 0 fully saturated rings. The van der Waals surface area contributed by atoms with Crippen LogP contribution in [0, 0.1) is 25.7 Å². The zero-order chi connectivity index (χ0) is 16.4. The first-order valence-electron chi connectivity index (χ1n) is 7.33. The van der Waals surface area contributed by atoms with E-state index in [9.17, 15) is 0 Å². The van der Waals surface area contributed by atoms with Crippen LogP contribution in [0.1, 0.15) is 22.8 Å². The van der Waals surface area contributed by atoms with Crippen molar-refractivity contribution >= 4 is 17.3 Å². The average Bonchev–Trinajstić information content (AvgIpc) is 2.81. The third-order valence-electron chi connectivity index (χ3n) is 3.67. The lowest BCUT2D eigenvalue weighted by molar-refractivity contribution is 0.504. The van der Waals surface area contributed by atoms with Crippen molar-refractivity contribution in [3.05, 3.63) is 64.6 Å². The molecule has 0 bridgehead atoms. The first-order valence-corrected chi connectivity index (χ1v) is 7.71. The van der Waals surface area contributed by atoms with E-state index in [1.54, 1.807) is 12.3 Å². The maximum Gasteiger partial charge on any atom is 0.135 e. The minimum Gasteiger partial charge on any atom is -0.377 e. The molecule has 0 atom stereocenters. The van der Waals surface area contributed by atoms with Crippen LogP contribution in [-0.2, 0) is 0 Å². The Hall–Kier alpha value is -2.51. The van der Waals surface area contributed by atoms with E-state index in [1.807, 2.05) is 27.0 Å². The van der Waals surface area contributed by atoms with Gasteiger partial charge in [0.15, 0.2) is 0 Å². The standard InChI is InChI=1S/C18H17ClN4/c1-13-17(5-4-15-6-9-20-18(19)12-15)21-14(2)23(13)16-7-10-22(3)11-8-16/h6-10,12H,11H2,1-3H3. The molecule has 0 aliphatic carbocycles. The predicted octanol–water partition coefficient (Wildman–Crippen LogP) is 3.25. The summed E-state index contributed by atoms with van der Waals surface area (Å²) in [7, 11) is 2.05. The molecule has 3 heterocycles. The molecule has 1 aliphatic heterocycles. The Morgan fingerprint density at radius 1 is 1.26 bits per heavy atom. The van der Waals surface area contributed by atoms with Gasteiger partial charge in [0, 0.05) is 37.2 Å². The summed E-state index contributed by atoms with van der Waals surface area (Å²) in [5.74, 6) is 7.16. The number of allylic oxidation sites excluding steroid dienone is 2. The van der Waals surface area contributed by atoms with Crippen LogP contribution in [0.15, 0.2) is 36.7 Å². The van der Waals surface area contributed by atoms with Gasteiger partial charge in [-0.25, -0.2) is 9.97 Å². The minimum atomic E-state index is 0.442. The molecule has 0 amide bonds. The monoisotopic (exact) mass is 324 g/mol. The van der Waals surface area contributed by atoms with Crippen molar-refractivity contribution < 1.29 is 0 Å². The molecular weight excluding hydrogens is 308 g/mol. The summed E-state index contributed by atoms with van der Waals surface area (Å²) < 4.78 is 2.13. The van der Waals surface area contributed by atoms with Gasteiger partial charge in [-0.2, -0.15) is 0 Å². The van der Waals surface area contributed by atoms with Gasteiger partial charge in [0.05, 0.1) is 5.69 Å². The fourth-order valence-electron chi connectivity index (χ4n) is 2.49. The molecule has 2 aromatic rings. The van der Waals surface area contributed by atoms with Gasteiger partial charge in [-0.3, -0.25) is 0 Å². The summed E-state index contributed by atoms with van der Waals surface area (Å²) in [5, 5.41) is 0.442. The van der Waals surface area contributed by atoms with E-state index in [-0.39, 0.29) is 0 Å². The number of imidazole rings is 1. The Morgan fingerprint density at radius 3 is 2.78 bits per heavy atom. The van der Waals surface area contributed by atoms with Crippen molar-refractivity contribution in [1.29, 1.82) is 0 Å². The summed E-state index contributed by atoms with van der Waals surface area (Å²) in [6, 6.07) is 3.58. The Labute approximate surface area is 141 Å². The van der Waals surface area contributed by atoms with Gasteiger partial charge in [-0.15, -0.1) is 0 Å². The minimum absolute atomic E-state index is 0.442. The normalized spacial score (nSPS) is 13.6. The Bertz CT molecular complexity index is 865. The number of pyridine rings is 1. The zero-order valence-electron chi connectivity index (χ0n) is 13.3. The van der Waals surface area contributed by atoms with Gasteiger partial charge >= 0.3 is 0 Å². The van der Waals surface area contributed by atoms with Gasteiger partial charge in [0.25, 0.3) is 0 Å². The van der Waals surface area contributed by atoms with Crippen LogP contribution in [-0.4, -0.2) is 33.0 Å². The first-order chi connectivity index (χ1) is 11.0. The lowest BCUT2D eigenvalue weighted by atomic mass is 10.2. The highest BCUT2D eigenvalue weighted by atomic mass is 35.5. The molecule has 0 unspecified atom stereocenters. The quantitative estimate of drug-likeness (QED) is 0.596. The number of aryl methyl sites for hydroxylation is 1. The van der Waals surface area contributed by atoms with Gasteiger partial charge in [0.2, 0.25) is 0 Å². The smallest absolute Gasteiger partial charge is 0.135 e. The highest BCUT2D eigenvalue weighted by Gasteiger charge is 2.13. The van der Waals surface area contributed by atoms with Crippen LogP contribution in [0.3, 0.4) is 0 Å². The molecule has 2 aromatic heterocycles. The topological polar surface area (TPSA) is 34.0 Å². The Balaban J connectivity index is 1.95. The van der Waals surface area contributed by atoms with E-state index in [4.69, 9.17) is 11.6 Å². The fourth-order valence-corrected chi connectivity index (χ4v) is 2.66.